The molecule has 2 aromatic rings. The number of rotatable bonds is 10. The summed E-state index contributed by atoms with van der Waals surface area (Å²) in [7, 11) is -2.34. The number of ether oxygens (including phenoxy) is 1. The van der Waals surface area contributed by atoms with Gasteiger partial charge in [0.2, 0.25) is 21.8 Å². The first-order valence-electron chi connectivity index (χ1n) is 11.3. The second kappa shape index (κ2) is 12.2. The number of hydrogen-bond donors (Lipinski definition) is 1. The first-order chi connectivity index (χ1) is 16.6. The third-order valence-corrected chi connectivity index (χ3v) is 6.79. The number of anilines is 1. The van der Waals surface area contributed by atoms with Crippen LogP contribution in [0.2, 0.25) is 10.0 Å². The maximum atomic E-state index is 13.7. The topological polar surface area (TPSA) is 96.0 Å². The van der Waals surface area contributed by atoms with Gasteiger partial charge in [0, 0.05) is 22.1 Å². The fourth-order valence-corrected chi connectivity index (χ4v) is 4.94. The van der Waals surface area contributed by atoms with Crippen molar-refractivity contribution in [3.8, 4) is 5.75 Å². The number of benzene rings is 2. The minimum atomic E-state index is -3.89. The lowest BCUT2D eigenvalue weighted by Gasteiger charge is -2.34. The fourth-order valence-electron chi connectivity index (χ4n) is 3.60. The zero-order valence-electron chi connectivity index (χ0n) is 21.3. The summed E-state index contributed by atoms with van der Waals surface area (Å²) in [6, 6.07) is 10.6. The van der Waals surface area contributed by atoms with Gasteiger partial charge in [-0.3, -0.25) is 13.9 Å². The van der Waals surface area contributed by atoms with E-state index in [0.29, 0.717) is 12.2 Å². The molecule has 198 valence electrons. The van der Waals surface area contributed by atoms with Gasteiger partial charge < -0.3 is 15.0 Å². The van der Waals surface area contributed by atoms with E-state index in [1.807, 2.05) is 20.8 Å². The Balaban J connectivity index is 2.48. The van der Waals surface area contributed by atoms with Crippen LogP contribution in [0.1, 0.15) is 39.7 Å². The van der Waals surface area contributed by atoms with Gasteiger partial charge in [-0.15, -0.1) is 0 Å². The van der Waals surface area contributed by atoms with Crippen molar-refractivity contribution in [3.63, 3.8) is 0 Å². The zero-order valence-corrected chi connectivity index (χ0v) is 23.7. The quantitative estimate of drug-likeness (QED) is 0.464. The molecule has 36 heavy (non-hydrogen) atoms. The third kappa shape index (κ3) is 8.57. The lowest BCUT2D eigenvalue weighted by Crippen LogP contribution is -2.55. The highest BCUT2D eigenvalue weighted by Crippen LogP contribution is 2.27. The molecule has 0 heterocycles. The normalized spacial score (nSPS) is 12.6. The van der Waals surface area contributed by atoms with Crippen LogP contribution in [-0.4, -0.2) is 56.6 Å². The first-order valence-corrected chi connectivity index (χ1v) is 13.9. The van der Waals surface area contributed by atoms with Crippen molar-refractivity contribution < 1.29 is 22.7 Å². The summed E-state index contributed by atoms with van der Waals surface area (Å²) in [6.07, 6.45) is 1.32. The SMILES string of the molecule is CC[C@@H](C(=O)NC(C)(C)C)N(Cc1ccc(OC)cc1)C(=O)CN(c1cc(Cl)cc(Cl)c1)S(C)(=O)=O. The van der Waals surface area contributed by atoms with Crippen LogP contribution < -0.4 is 14.4 Å². The number of halogens is 2. The van der Waals surface area contributed by atoms with E-state index in [1.54, 1.807) is 38.3 Å². The van der Waals surface area contributed by atoms with E-state index >= 15 is 0 Å². The predicted molar refractivity (Wildman–Crippen MR) is 144 cm³/mol. The van der Waals surface area contributed by atoms with Crippen LogP contribution >= 0.6 is 23.2 Å². The summed E-state index contributed by atoms with van der Waals surface area (Å²) in [4.78, 5) is 28.3. The molecular formula is C25H33Cl2N3O5S. The molecule has 8 nitrogen and oxygen atoms in total. The zero-order chi connectivity index (χ0) is 27.3. The summed E-state index contributed by atoms with van der Waals surface area (Å²) < 4.78 is 31.5. The number of sulfonamides is 1. The van der Waals surface area contributed by atoms with E-state index in [4.69, 9.17) is 27.9 Å². The van der Waals surface area contributed by atoms with Gasteiger partial charge in [0.05, 0.1) is 19.1 Å². The lowest BCUT2D eigenvalue weighted by atomic mass is 10.1. The molecule has 0 aliphatic rings. The Hall–Kier alpha value is -2.49. The van der Waals surface area contributed by atoms with Crippen LogP contribution in [-0.2, 0) is 26.2 Å². The summed E-state index contributed by atoms with van der Waals surface area (Å²) in [5.41, 5.74) is 0.387. The van der Waals surface area contributed by atoms with E-state index in [0.717, 1.165) is 16.1 Å². The Labute approximate surface area is 223 Å². The Bertz CT molecular complexity index is 1160. The molecule has 1 N–H and O–H groups in total. The number of methoxy groups -OCH3 is 1. The molecule has 0 saturated heterocycles. The highest BCUT2D eigenvalue weighted by atomic mass is 35.5. The highest BCUT2D eigenvalue weighted by molar-refractivity contribution is 7.92. The standard InChI is InChI=1S/C25H33Cl2N3O5S/c1-7-22(24(32)28-25(2,3)4)29(15-17-8-10-21(35-5)11-9-17)23(31)16-30(36(6,33)34)20-13-18(26)12-19(27)14-20/h8-14,22H,7,15-16H2,1-6H3,(H,28,32)/t22-/m0/s1. The molecule has 1 atom stereocenters. The molecule has 0 aliphatic carbocycles. The van der Waals surface area contributed by atoms with Crippen LogP contribution in [0.15, 0.2) is 42.5 Å². The summed E-state index contributed by atoms with van der Waals surface area (Å²) in [5.74, 6) is -0.234. The van der Waals surface area contributed by atoms with Crippen molar-refractivity contribution in [1.82, 2.24) is 10.2 Å². The van der Waals surface area contributed by atoms with Crippen LogP contribution in [0.25, 0.3) is 0 Å². The molecule has 0 fully saturated rings. The van der Waals surface area contributed by atoms with E-state index in [-0.39, 0.29) is 28.2 Å². The van der Waals surface area contributed by atoms with Gasteiger partial charge in [-0.25, -0.2) is 8.42 Å². The fraction of sp³-hybridized carbons (Fsp3) is 0.440. The monoisotopic (exact) mass is 557 g/mol. The first kappa shape index (κ1) is 29.7. The number of nitrogens with one attached hydrogen (secondary N) is 1. The van der Waals surface area contributed by atoms with Crippen molar-refractivity contribution >= 4 is 50.7 Å². The van der Waals surface area contributed by atoms with Crippen LogP contribution in [0.4, 0.5) is 5.69 Å². The van der Waals surface area contributed by atoms with Gasteiger partial charge in [0.25, 0.3) is 0 Å². The van der Waals surface area contributed by atoms with Gasteiger partial charge >= 0.3 is 0 Å². The van der Waals surface area contributed by atoms with E-state index in [1.165, 1.54) is 23.1 Å². The molecule has 2 rings (SSSR count). The third-order valence-electron chi connectivity index (χ3n) is 5.21. The van der Waals surface area contributed by atoms with Crippen molar-refractivity contribution in [2.24, 2.45) is 0 Å². The van der Waals surface area contributed by atoms with Crippen molar-refractivity contribution in [2.45, 2.75) is 52.2 Å². The Morgan fingerprint density at radius 3 is 2.06 bits per heavy atom. The van der Waals surface area contributed by atoms with Gasteiger partial charge in [0.1, 0.15) is 18.3 Å². The van der Waals surface area contributed by atoms with Gasteiger partial charge in [-0.05, 0) is 63.1 Å². The number of amides is 2. The minimum Gasteiger partial charge on any atom is -0.497 e. The highest BCUT2D eigenvalue weighted by Gasteiger charge is 2.33. The smallest absolute Gasteiger partial charge is 0.244 e. The molecule has 0 spiro atoms. The average molecular weight is 559 g/mol. The van der Waals surface area contributed by atoms with Crippen LogP contribution in [0.3, 0.4) is 0 Å². The van der Waals surface area contributed by atoms with Crippen LogP contribution in [0, 0.1) is 0 Å². The second-order valence-corrected chi connectivity index (χ2v) is 12.2. The molecule has 0 unspecified atom stereocenters. The largest absolute Gasteiger partial charge is 0.497 e. The average Bonchev–Trinajstić information content (AvgIpc) is 2.74. The number of hydrogen-bond acceptors (Lipinski definition) is 5. The molecule has 0 radical (unpaired) electrons. The predicted octanol–water partition coefficient (Wildman–Crippen LogP) is 4.49. The summed E-state index contributed by atoms with van der Waals surface area (Å²) in [5, 5.41) is 3.37. The van der Waals surface area contributed by atoms with E-state index < -0.39 is 34.1 Å². The van der Waals surface area contributed by atoms with E-state index in [9.17, 15) is 18.0 Å². The molecule has 0 bridgehead atoms. The Kier molecular flexibility index (Phi) is 10.0. The summed E-state index contributed by atoms with van der Waals surface area (Å²) >= 11 is 12.2. The maximum absolute atomic E-state index is 13.7. The minimum absolute atomic E-state index is 0.0901. The number of carbonyl (C=O) groups excluding carboxylic acids is 2. The molecule has 2 amide bonds. The van der Waals surface area contributed by atoms with Gasteiger partial charge in [-0.1, -0.05) is 42.3 Å². The number of nitrogens with zero attached hydrogens (tertiary/aromatic N) is 2. The molecule has 0 aromatic heterocycles. The maximum Gasteiger partial charge on any atom is 0.244 e. The van der Waals surface area contributed by atoms with Gasteiger partial charge in [0.15, 0.2) is 0 Å². The van der Waals surface area contributed by atoms with Crippen molar-refractivity contribution in [3.05, 3.63) is 58.1 Å². The molecule has 2 aromatic carbocycles. The second-order valence-electron chi connectivity index (χ2n) is 9.43. The van der Waals surface area contributed by atoms with E-state index in [2.05, 4.69) is 5.32 Å². The van der Waals surface area contributed by atoms with Crippen molar-refractivity contribution in [1.29, 1.82) is 0 Å². The molecule has 11 heteroatoms. The van der Waals surface area contributed by atoms with Crippen LogP contribution in [0.5, 0.6) is 5.75 Å². The molecule has 0 saturated carbocycles. The molecular weight excluding hydrogens is 525 g/mol. The number of carbonyl (C=O) groups is 2. The summed E-state index contributed by atoms with van der Waals surface area (Å²) in [6.45, 7) is 6.90. The van der Waals surface area contributed by atoms with Crippen molar-refractivity contribution in [2.75, 3.05) is 24.2 Å². The molecule has 0 aliphatic heterocycles. The Morgan fingerprint density at radius 2 is 1.61 bits per heavy atom. The lowest BCUT2D eigenvalue weighted by molar-refractivity contribution is -0.141. The van der Waals surface area contributed by atoms with Gasteiger partial charge in [-0.2, -0.15) is 0 Å². The Morgan fingerprint density at radius 1 is 1.06 bits per heavy atom.